The maximum atomic E-state index is 12.8. The average molecular weight is 438 g/mol. The third-order valence-electron chi connectivity index (χ3n) is 5.10. The van der Waals surface area contributed by atoms with Gasteiger partial charge in [-0.2, -0.15) is 0 Å². The van der Waals surface area contributed by atoms with Gasteiger partial charge in [-0.25, -0.2) is 4.98 Å². The first-order valence-corrected chi connectivity index (χ1v) is 11.6. The first-order valence-electron chi connectivity index (χ1n) is 9.88. The number of aromatic nitrogens is 2. The largest absolute Gasteiger partial charge is 0.344 e. The van der Waals surface area contributed by atoms with E-state index in [1.54, 1.807) is 17.4 Å². The fraction of sp³-hybridized carbons (Fsp3) is 0.261. The van der Waals surface area contributed by atoms with Gasteiger partial charge in [0.15, 0.2) is 0 Å². The topological polar surface area (TPSA) is 64.0 Å². The number of fused-ring (bicyclic) bond motifs is 1. The highest BCUT2D eigenvalue weighted by molar-refractivity contribution is 7.16. The molecule has 3 heterocycles. The van der Waals surface area contributed by atoms with Crippen LogP contribution in [0.2, 0.25) is 0 Å². The second-order valence-electron chi connectivity index (χ2n) is 7.47. The highest BCUT2D eigenvalue weighted by Gasteiger charge is 2.18. The zero-order valence-electron chi connectivity index (χ0n) is 16.9. The van der Waals surface area contributed by atoms with E-state index >= 15 is 0 Å². The minimum absolute atomic E-state index is 0.0985. The van der Waals surface area contributed by atoms with Crippen LogP contribution in [0.15, 0.2) is 64.3 Å². The van der Waals surface area contributed by atoms with Gasteiger partial charge >= 0.3 is 0 Å². The molecule has 0 saturated heterocycles. The molecule has 4 rings (SSSR count). The van der Waals surface area contributed by atoms with Crippen LogP contribution in [0, 0.1) is 0 Å². The number of amides is 1. The predicted molar refractivity (Wildman–Crippen MR) is 123 cm³/mol. The summed E-state index contributed by atoms with van der Waals surface area (Å²) in [6.07, 6.45) is 1.74. The van der Waals surface area contributed by atoms with Gasteiger partial charge in [0.25, 0.3) is 5.56 Å². The lowest BCUT2D eigenvalue weighted by Gasteiger charge is -2.19. The van der Waals surface area contributed by atoms with Gasteiger partial charge < -0.3 is 5.32 Å². The summed E-state index contributed by atoms with van der Waals surface area (Å²) in [6.45, 7) is 4.63. The maximum Gasteiger partial charge on any atom is 0.262 e. The van der Waals surface area contributed by atoms with Crippen LogP contribution < -0.4 is 10.9 Å². The normalized spacial score (nSPS) is 12.4. The van der Waals surface area contributed by atoms with Crippen LogP contribution in [0.3, 0.4) is 0 Å². The molecular weight excluding hydrogens is 414 g/mol. The van der Waals surface area contributed by atoms with Crippen molar-refractivity contribution in [3.63, 3.8) is 0 Å². The summed E-state index contributed by atoms with van der Waals surface area (Å²) in [5.41, 5.74) is 2.22. The highest BCUT2D eigenvalue weighted by atomic mass is 32.1. The lowest BCUT2D eigenvalue weighted by molar-refractivity contribution is -0.121. The van der Waals surface area contributed by atoms with Gasteiger partial charge in [0.2, 0.25) is 5.91 Å². The van der Waals surface area contributed by atoms with E-state index in [-0.39, 0.29) is 23.9 Å². The molecule has 0 saturated carbocycles. The molecule has 1 amide bonds. The molecule has 154 valence electrons. The van der Waals surface area contributed by atoms with E-state index in [9.17, 15) is 9.59 Å². The Morgan fingerprint density at radius 1 is 1.07 bits per heavy atom. The Morgan fingerprint density at radius 3 is 2.53 bits per heavy atom. The lowest BCUT2D eigenvalue weighted by Crippen LogP contribution is -2.31. The van der Waals surface area contributed by atoms with E-state index in [1.165, 1.54) is 27.8 Å². The molecule has 3 aromatic heterocycles. The minimum atomic E-state index is -0.201. The average Bonchev–Trinajstić information content (AvgIpc) is 3.44. The van der Waals surface area contributed by atoms with E-state index in [2.05, 4.69) is 48.4 Å². The van der Waals surface area contributed by atoms with Crippen molar-refractivity contribution in [2.45, 2.75) is 38.8 Å². The quantitative estimate of drug-likeness (QED) is 0.445. The summed E-state index contributed by atoms with van der Waals surface area (Å²) in [5, 5.41) is 7.61. The number of aryl methyl sites for hydroxylation is 1. The summed E-state index contributed by atoms with van der Waals surface area (Å²) in [6, 6.07) is 14.0. The first kappa shape index (κ1) is 20.5. The number of nitrogens with zero attached hydrogens (tertiary/aromatic N) is 2. The summed E-state index contributed by atoms with van der Waals surface area (Å²) in [5.74, 6) is 0.361. The van der Waals surface area contributed by atoms with Crippen molar-refractivity contribution in [2.24, 2.45) is 0 Å². The van der Waals surface area contributed by atoms with Gasteiger partial charge in [-0.05, 0) is 39.9 Å². The lowest BCUT2D eigenvalue weighted by atomic mass is 9.98. The molecule has 0 bridgehead atoms. The van der Waals surface area contributed by atoms with Crippen LogP contribution in [0.25, 0.3) is 10.2 Å². The van der Waals surface area contributed by atoms with Crippen molar-refractivity contribution in [1.29, 1.82) is 0 Å². The SMILES string of the molecule is CC(C)c1ccc(C(NC(=O)CCn2cnc3sccc3c2=O)c2cccs2)cc1. The number of carbonyl (C=O) groups is 1. The second-order valence-corrected chi connectivity index (χ2v) is 9.34. The predicted octanol–water partition coefficient (Wildman–Crippen LogP) is 4.94. The molecule has 0 spiro atoms. The van der Waals surface area contributed by atoms with E-state index in [4.69, 9.17) is 0 Å². The third-order valence-corrected chi connectivity index (χ3v) is 6.86. The Morgan fingerprint density at radius 2 is 1.83 bits per heavy atom. The molecule has 1 atom stereocenters. The molecule has 0 aliphatic rings. The summed E-state index contributed by atoms with van der Waals surface area (Å²) < 4.78 is 1.51. The van der Waals surface area contributed by atoms with Crippen molar-refractivity contribution >= 4 is 38.8 Å². The fourth-order valence-corrected chi connectivity index (χ4v) is 4.88. The van der Waals surface area contributed by atoms with Crippen LogP contribution in [0.1, 0.15) is 48.2 Å². The number of rotatable bonds is 7. The Bertz CT molecular complexity index is 1190. The van der Waals surface area contributed by atoms with Gasteiger partial charge in [0.1, 0.15) is 4.83 Å². The van der Waals surface area contributed by atoms with E-state index in [1.807, 2.05) is 22.9 Å². The van der Waals surface area contributed by atoms with E-state index in [0.717, 1.165) is 15.3 Å². The first-order chi connectivity index (χ1) is 14.5. The maximum absolute atomic E-state index is 12.8. The van der Waals surface area contributed by atoms with Crippen LogP contribution in [0.5, 0.6) is 0 Å². The van der Waals surface area contributed by atoms with Crippen LogP contribution >= 0.6 is 22.7 Å². The van der Waals surface area contributed by atoms with Gasteiger partial charge in [-0.15, -0.1) is 22.7 Å². The molecule has 1 aromatic carbocycles. The fourth-order valence-electron chi connectivity index (χ4n) is 3.36. The highest BCUT2D eigenvalue weighted by Crippen LogP contribution is 2.27. The molecular formula is C23H23N3O2S2. The monoisotopic (exact) mass is 437 g/mol. The van der Waals surface area contributed by atoms with Crippen molar-refractivity contribution in [2.75, 3.05) is 0 Å². The molecule has 5 nitrogen and oxygen atoms in total. The number of thiophene rings is 2. The molecule has 0 fully saturated rings. The van der Waals surface area contributed by atoms with Crippen LogP contribution in [0.4, 0.5) is 0 Å². The number of hydrogen-bond acceptors (Lipinski definition) is 5. The van der Waals surface area contributed by atoms with Crippen molar-refractivity contribution in [1.82, 2.24) is 14.9 Å². The van der Waals surface area contributed by atoms with Gasteiger partial charge in [-0.3, -0.25) is 14.2 Å². The van der Waals surface area contributed by atoms with Crippen LogP contribution in [-0.4, -0.2) is 15.5 Å². The summed E-state index contributed by atoms with van der Waals surface area (Å²) in [7, 11) is 0. The second kappa shape index (κ2) is 8.93. The number of hydrogen-bond donors (Lipinski definition) is 1. The Labute approximate surface area is 183 Å². The third kappa shape index (κ3) is 4.37. The molecule has 1 unspecified atom stereocenters. The molecule has 1 N–H and O–H groups in total. The van der Waals surface area contributed by atoms with E-state index in [0.29, 0.717) is 17.8 Å². The van der Waals surface area contributed by atoms with Crippen molar-refractivity contribution < 1.29 is 4.79 Å². The molecule has 4 aromatic rings. The van der Waals surface area contributed by atoms with Crippen molar-refractivity contribution in [3.05, 3.63) is 85.9 Å². The standard InChI is InChI=1S/C23H23N3O2S2/c1-15(2)16-5-7-17(8-6-16)21(19-4-3-12-29-19)25-20(27)9-11-26-14-24-22-18(23(26)28)10-13-30-22/h3-8,10,12-15,21H,9,11H2,1-2H3,(H,25,27). The van der Waals surface area contributed by atoms with Gasteiger partial charge in [-0.1, -0.05) is 44.2 Å². The number of benzene rings is 1. The number of nitrogens with one attached hydrogen (secondary N) is 1. The van der Waals surface area contributed by atoms with Gasteiger partial charge in [0, 0.05) is 17.8 Å². The summed E-state index contributed by atoms with van der Waals surface area (Å²) in [4.78, 5) is 31.4. The zero-order valence-corrected chi connectivity index (χ0v) is 18.5. The van der Waals surface area contributed by atoms with Crippen LogP contribution in [-0.2, 0) is 11.3 Å². The molecule has 0 aliphatic carbocycles. The molecule has 30 heavy (non-hydrogen) atoms. The smallest absolute Gasteiger partial charge is 0.262 e. The molecule has 0 radical (unpaired) electrons. The van der Waals surface area contributed by atoms with Crippen molar-refractivity contribution in [3.8, 4) is 0 Å². The Balaban J connectivity index is 1.49. The molecule has 7 heteroatoms. The summed E-state index contributed by atoms with van der Waals surface area (Å²) >= 11 is 3.06. The van der Waals surface area contributed by atoms with Gasteiger partial charge in [0.05, 0.1) is 17.8 Å². The minimum Gasteiger partial charge on any atom is -0.344 e. The number of carbonyl (C=O) groups excluding carboxylic acids is 1. The Kier molecular flexibility index (Phi) is 6.11. The zero-order chi connectivity index (χ0) is 21.1. The Hall–Kier alpha value is -2.77. The van der Waals surface area contributed by atoms with E-state index < -0.39 is 0 Å². The molecule has 0 aliphatic heterocycles.